The van der Waals surface area contributed by atoms with Gasteiger partial charge in [-0.1, -0.05) is 0 Å². The van der Waals surface area contributed by atoms with Gasteiger partial charge >= 0.3 is 0 Å². The van der Waals surface area contributed by atoms with Gasteiger partial charge in [-0.3, -0.25) is 4.90 Å². The summed E-state index contributed by atoms with van der Waals surface area (Å²) < 4.78 is 5.10. The average molecular weight is 179 g/mol. The predicted octanol–water partition coefficient (Wildman–Crippen LogP) is 0.248. The minimum absolute atomic E-state index is 0.117. The van der Waals surface area contributed by atoms with Crippen LogP contribution in [0.5, 0.6) is 0 Å². The van der Waals surface area contributed by atoms with Gasteiger partial charge in [0, 0.05) is 12.4 Å². The number of aliphatic hydroxyl groups is 1. The zero-order valence-electron chi connectivity index (χ0n) is 7.25. The van der Waals surface area contributed by atoms with Gasteiger partial charge in [-0.05, 0) is 13.3 Å². The Morgan fingerprint density at radius 1 is 1.45 bits per heavy atom. The standard InChI is InChI=1S/C7H17NO2S/c1-8(7-11-2)3-5-10-6-4-9/h9H,3-7H2,1-2H3. The fourth-order valence-corrected chi connectivity index (χ4v) is 1.24. The highest BCUT2D eigenvalue weighted by Crippen LogP contribution is 1.94. The molecule has 0 saturated heterocycles. The molecule has 0 rings (SSSR count). The Balaban J connectivity index is 2.97. The Hall–Kier alpha value is 0.230. The van der Waals surface area contributed by atoms with E-state index in [1.165, 1.54) is 0 Å². The van der Waals surface area contributed by atoms with Crippen molar-refractivity contribution in [3.63, 3.8) is 0 Å². The Morgan fingerprint density at radius 2 is 2.18 bits per heavy atom. The third-order valence-corrected chi connectivity index (χ3v) is 1.90. The first-order valence-corrected chi connectivity index (χ1v) is 5.06. The number of hydrogen-bond acceptors (Lipinski definition) is 4. The van der Waals surface area contributed by atoms with Crippen molar-refractivity contribution in [3.05, 3.63) is 0 Å². The molecule has 3 nitrogen and oxygen atoms in total. The maximum absolute atomic E-state index is 8.39. The van der Waals surface area contributed by atoms with E-state index in [4.69, 9.17) is 9.84 Å². The second-order valence-corrected chi connectivity index (χ2v) is 3.17. The van der Waals surface area contributed by atoms with E-state index in [-0.39, 0.29) is 6.61 Å². The summed E-state index contributed by atoms with van der Waals surface area (Å²) in [6, 6.07) is 0. The first-order chi connectivity index (χ1) is 5.31. The minimum atomic E-state index is 0.117. The van der Waals surface area contributed by atoms with Crippen molar-refractivity contribution in [2.45, 2.75) is 0 Å². The van der Waals surface area contributed by atoms with Gasteiger partial charge in [0.2, 0.25) is 0 Å². The molecule has 0 aromatic heterocycles. The average Bonchev–Trinajstić information content (AvgIpc) is 1.99. The van der Waals surface area contributed by atoms with Crippen LogP contribution in [0.2, 0.25) is 0 Å². The van der Waals surface area contributed by atoms with Crippen molar-refractivity contribution >= 4 is 11.8 Å². The van der Waals surface area contributed by atoms with Crippen LogP contribution in [0, 0.1) is 0 Å². The number of hydrogen-bond donors (Lipinski definition) is 1. The molecule has 0 spiro atoms. The molecular weight excluding hydrogens is 162 g/mol. The van der Waals surface area contributed by atoms with Crippen LogP contribution in [0.1, 0.15) is 0 Å². The molecular formula is C7H17NO2S. The molecule has 0 aliphatic rings. The zero-order valence-corrected chi connectivity index (χ0v) is 8.06. The van der Waals surface area contributed by atoms with Crippen molar-refractivity contribution in [1.29, 1.82) is 0 Å². The van der Waals surface area contributed by atoms with Gasteiger partial charge in [0.25, 0.3) is 0 Å². The van der Waals surface area contributed by atoms with Crippen LogP contribution in [0.25, 0.3) is 0 Å². The third kappa shape index (κ3) is 8.13. The molecule has 0 atom stereocenters. The van der Waals surface area contributed by atoms with Crippen LogP contribution < -0.4 is 0 Å². The first kappa shape index (κ1) is 11.2. The molecule has 0 fully saturated rings. The fourth-order valence-electron chi connectivity index (χ4n) is 0.672. The van der Waals surface area contributed by atoms with Crippen molar-refractivity contribution < 1.29 is 9.84 Å². The van der Waals surface area contributed by atoms with E-state index in [1.54, 1.807) is 11.8 Å². The molecule has 0 heterocycles. The van der Waals surface area contributed by atoms with Crippen molar-refractivity contribution in [1.82, 2.24) is 4.90 Å². The maximum Gasteiger partial charge on any atom is 0.0698 e. The van der Waals surface area contributed by atoms with E-state index < -0.39 is 0 Å². The number of nitrogens with zero attached hydrogens (tertiary/aromatic N) is 1. The lowest BCUT2D eigenvalue weighted by Crippen LogP contribution is -2.23. The van der Waals surface area contributed by atoms with Crippen LogP contribution >= 0.6 is 11.8 Å². The van der Waals surface area contributed by atoms with E-state index >= 15 is 0 Å². The quantitative estimate of drug-likeness (QED) is 0.448. The van der Waals surface area contributed by atoms with Gasteiger partial charge in [0.05, 0.1) is 19.8 Å². The van der Waals surface area contributed by atoms with Crippen molar-refractivity contribution in [3.8, 4) is 0 Å². The van der Waals surface area contributed by atoms with E-state index in [2.05, 4.69) is 18.2 Å². The van der Waals surface area contributed by atoms with Crippen LogP contribution in [0.15, 0.2) is 0 Å². The molecule has 1 N–H and O–H groups in total. The van der Waals surface area contributed by atoms with Crippen LogP contribution in [0.3, 0.4) is 0 Å². The molecule has 0 radical (unpaired) electrons. The molecule has 4 heteroatoms. The lowest BCUT2D eigenvalue weighted by molar-refractivity contribution is 0.0813. The summed E-state index contributed by atoms with van der Waals surface area (Å²) in [5.74, 6) is 1.03. The smallest absolute Gasteiger partial charge is 0.0698 e. The van der Waals surface area contributed by atoms with Gasteiger partial charge in [-0.15, -0.1) is 11.8 Å². The summed E-state index contributed by atoms with van der Waals surface area (Å²) in [5, 5.41) is 8.39. The summed E-state index contributed by atoms with van der Waals surface area (Å²) >= 11 is 1.79. The summed E-state index contributed by atoms with van der Waals surface area (Å²) in [7, 11) is 2.05. The lowest BCUT2D eigenvalue weighted by Gasteiger charge is -2.14. The Bertz CT molecular complexity index is 82.8. The van der Waals surface area contributed by atoms with Crippen LogP contribution in [-0.4, -0.2) is 55.6 Å². The van der Waals surface area contributed by atoms with E-state index in [9.17, 15) is 0 Å². The Labute approximate surface area is 72.7 Å². The highest BCUT2D eigenvalue weighted by atomic mass is 32.2. The van der Waals surface area contributed by atoms with Gasteiger partial charge in [-0.25, -0.2) is 0 Å². The largest absolute Gasteiger partial charge is 0.394 e. The van der Waals surface area contributed by atoms with E-state index in [0.717, 1.165) is 12.4 Å². The van der Waals surface area contributed by atoms with Gasteiger partial charge in [0.15, 0.2) is 0 Å². The van der Waals surface area contributed by atoms with Crippen molar-refractivity contribution in [2.24, 2.45) is 0 Å². The molecule has 0 aliphatic carbocycles. The summed E-state index contributed by atoms with van der Waals surface area (Å²) in [6.07, 6.45) is 2.07. The number of aliphatic hydroxyl groups excluding tert-OH is 1. The fraction of sp³-hybridized carbons (Fsp3) is 1.00. The van der Waals surface area contributed by atoms with E-state index in [1.807, 2.05) is 0 Å². The molecule has 0 unspecified atom stereocenters. The zero-order chi connectivity index (χ0) is 8.53. The molecule has 68 valence electrons. The monoisotopic (exact) mass is 179 g/mol. The molecule has 0 aliphatic heterocycles. The van der Waals surface area contributed by atoms with Gasteiger partial charge < -0.3 is 9.84 Å². The second-order valence-electron chi connectivity index (χ2n) is 2.33. The minimum Gasteiger partial charge on any atom is -0.394 e. The van der Waals surface area contributed by atoms with E-state index in [0.29, 0.717) is 13.2 Å². The molecule has 0 aromatic carbocycles. The van der Waals surface area contributed by atoms with Crippen molar-refractivity contribution in [2.75, 3.05) is 45.5 Å². The highest BCUT2D eigenvalue weighted by Gasteiger charge is 1.94. The van der Waals surface area contributed by atoms with Crippen LogP contribution in [-0.2, 0) is 4.74 Å². The Kier molecular flexibility index (Phi) is 8.50. The number of ether oxygens (including phenoxy) is 1. The van der Waals surface area contributed by atoms with Gasteiger partial charge in [0.1, 0.15) is 0 Å². The predicted molar refractivity (Wildman–Crippen MR) is 48.9 cm³/mol. The lowest BCUT2D eigenvalue weighted by atomic mass is 10.6. The molecule has 0 aromatic rings. The topological polar surface area (TPSA) is 32.7 Å². The highest BCUT2D eigenvalue weighted by molar-refractivity contribution is 7.98. The van der Waals surface area contributed by atoms with Crippen LogP contribution in [0.4, 0.5) is 0 Å². The number of thioether (sulfide) groups is 1. The first-order valence-electron chi connectivity index (χ1n) is 3.67. The summed E-state index contributed by atoms with van der Waals surface area (Å²) in [6.45, 7) is 2.21. The summed E-state index contributed by atoms with van der Waals surface area (Å²) in [5.41, 5.74) is 0. The molecule has 0 amide bonds. The SMILES string of the molecule is CSCN(C)CCOCCO. The normalized spacial score (nSPS) is 10.9. The molecule has 0 saturated carbocycles. The third-order valence-electron chi connectivity index (χ3n) is 1.20. The second kappa shape index (κ2) is 8.33. The number of rotatable bonds is 7. The molecule has 0 bridgehead atoms. The number of likely N-dealkylation sites (N-methyl/N-ethyl adjacent to an activating group) is 1. The Morgan fingerprint density at radius 3 is 2.73 bits per heavy atom. The maximum atomic E-state index is 8.39. The summed E-state index contributed by atoms with van der Waals surface area (Å²) in [4.78, 5) is 2.18. The van der Waals surface area contributed by atoms with Gasteiger partial charge in [-0.2, -0.15) is 0 Å². The molecule has 11 heavy (non-hydrogen) atoms.